The van der Waals surface area contributed by atoms with E-state index in [9.17, 15) is 0 Å². The van der Waals surface area contributed by atoms with Crippen molar-refractivity contribution in [3.8, 4) is 22.4 Å². The molecule has 0 N–H and O–H groups in total. The fourth-order valence-corrected chi connectivity index (χ4v) is 7.79. The number of pyridine rings is 1. The smallest absolute Gasteiger partial charge is 0.216 e. The first-order valence-electron chi connectivity index (χ1n) is 15.3. The van der Waals surface area contributed by atoms with Crippen LogP contribution in [-0.2, 0) is 7.05 Å². The lowest BCUT2D eigenvalue weighted by Crippen LogP contribution is -2.30. The van der Waals surface area contributed by atoms with Crippen LogP contribution < -0.4 is 4.57 Å². The summed E-state index contributed by atoms with van der Waals surface area (Å²) in [6.07, 6.45) is 14.7. The Bertz CT molecular complexity index is 1670. The average Bonchev–Trinajstić information content (AvgIpc) is 3.39. The summed E-state index contributed by atoms with van der Waals surface area (Å²) in [5.41, 5.74) is 8.01. The molecule has 3 aromatic carbocycles. The van der Waals surface area contributed by atoms with Crippen molar-refractivity contribution < 1.29 is 13.4 Å². The minimum Gasteiger partial charge on any atom is -0.454 e. The zero-order chi connectivity index (χ0) is 27.2. The molecule has 204 valence electrons. The number of hydrogen-bond acceptors (Lipinski definition) is 1. The largest absolute Gasteiger partial charge is 0.454 e. The van der Waals surface area contributed by atoms with Gasteiger partial charge in [0.05, 0.1) is 10.9 Å². The fourth-order valence-electron chi connectivity index (χ4n) is 7.79. The van der Waals surface area contributed by atoms with E-state index in [0.29, 0.717) is 16.9 Å². The van der Waals surface area contributed by atoms with Gasteiger partial charge in [-0.25, -0.2) is 8.96 Å². The lowest BCUT2D eigenvalue weighted by molar-refractivity contribution is -0.660. The van der Waals surface area contributed by atoms with Gasteiger partial charge in [-0.15, -0.1) is 0 Å². The van der Waals surface area contributed by atoms with Crippen LogP contribution in [-0.4, -0.2) is 0 Å². The normalized spacial score (nSPS) is 20.4. The molecule has 2 nitrogen and oxygen atoms in total. The maximum atomic E-state index is 15.4. The second kappa shape index (κ2) is 10.5. The Labute approximate surface area is 236 Å². The molecule has 0 unspecified atom stereocenters. The summed E-state index contributed by atoms with van der Waals surface area (Å²) in [6.45, 7) is 2.09. The van der Waals surface area contributed by atoms with Crippen molar-refractivity contribution in [2.45, 2.75) is 70.6 Å². The standard InChI is InChI=1S/C37H39FNO/c1-24-11-20-31-35-32(38)22-21-30(36(35)40-37(31)34(24)33-10-6-7-23-39(33)2)29-18-16-28(17-19-29)27-14-12-26(13-15-27)25-8-4-3-5-9-25/h6-7,10-11,16-23,25-27H,3-5,8-9,12-15H2,1-2H3/q+1. The second-order valence-electron chi connectivity index (χ2n) is 12.4. The van der Waals surface area contributed by atoms with Crippen LogP contribution in [0.1, 0.15) is 74.8 Å². The highest BCUT2D eigenvalue weighted by Crippen LogP contribution is 2.44. The number of aromatic nitrogens is 1. The van der Waals surface area contributed by atoms with E-state index >= 15 is 4.39 Å². The van der Waals surface area contributed by atoms with Gasteiger partial charge in [-0.05, 0) is 85.3 Å². The monoisotopic (exact) mass is 532 g/mol. The predicted molar refractivity (Wildman–Crippen MR) is 162 cm³/mol. The van der Waals surface area contributed by atoms with Crippen LogP contribution in [0.5, 0.6) is 0 Å². The highest BCUT2D eigenvalue weighted by Gasteiger charge is 2.29. The molecule has 2 heterocycles. The summed E-state index contributed by atoms with van der Waals surface area (Å²) < 4.78 is 24.1. The van der Waals surface area contributed by atoms with E-state index in [0.717, 1.165) is 50.8 Å². The first-order valence-corrected chi connectivity index (χ1v) is 15.3. The molecule has 2 aliphatic rings. The zero-order valence-corrected chi connectivity index (χ0v) is 23.8. The first-order chi connectivity index (χ1) is 19.6. The van der Waals surface area contributed by atoms with Gasteiger partial charge in [-0.3, -0.25) is 0 Å². The van der Waals surface area contributed by atoms with E-state index in [4.69, 9.17) is 4.42 Å². The van der Waals surface area contributed by atoms with Crippen LogP contribution in [0, 0.1) is 24.6 Å². The minimum atomic E-state index is -0.240. The Morgan fingerprint density at radius 3 is 2.25 bits per heavy atom. The average molecular weight is 533 g/mol. The lowest BCUT2D eigenvalue weighted by atomic mass is 9.70. The molecule has 0 spiro atoms. The van der Waals surface area contributed by atoms with Crippen molar-refractivity contribution in [1.82, 2.24) is 0 Å². The third kappa shape index (κ3) is 4.44. The van der Waals surface area contributed by atoms with Crippen LogP contribution in [0.25, 0.3) is 44.3 Å². The number of nitrogens with zero attached hydrogens (tertiary/aromatic N) is 1. The highest BCUT2D eigenvalue weighted by molar-refractivity contribution is 6.13. The van der Waals surface area contributed by atoms with Gasteiger partial charge in [0.2, 0.25) is 5.69 Å². The van der Waals surface area contributed by atoms with Crippen molar-refractivity contribution in [3.63, 3.8) is 0 Å². The third-order valence-electron chi connectivity index (χ3n) is 10.0. The number of rotatable bonds is 4. The van der Waals surface area contributed by atoms with Crippen LogP contribution in [0.15, 0.2) is 77.3 Å². The van der Waals surface area contributed by atoms with Gasteiger partial charge in [0, 0.05) is 23.1 Å². The topological polar surface area (TPSA) is 17.0 Å². The number of benzene rings is 3. The molecule has 2 saturated carbocycles. The van der Waals surface area contributed by atoms with Gasteiger partial charge in [-0.2, -0.15) is 0 Å². The molecule has 0 amide bonds. The first kappa shape index (κ1) is 25.5. The highest BCUT2D eigenvalue weighted by atomic mass is 19.1. The fraction of sp³-hybridized carbons (Fsp3) is 0.378. The molecule has 2 aromatic heterocycles. The lowest BCUT2D eigenvalue weighted by Gasteiger charge is -2.36. The summed E-state index contributed by atoms with van der Waals surface area (Å²) in [6, 6.07) is 22.7. The van der Waals surface area contributed by atoms with Crippen LogP contribution in [0.3, 0.4) is 0 Å². The van der Waals surface area contributed by atoms with Gasteiger partial charge < -0.3 is 4.42 Å². The molecule has 2 fully saturated rings. The molecule has 0 bridgehead atoms. The Morgan fingerprint density at radius 1 is 0.750 bits per heavy atom. The zero-order valence-electron chi connectivity index (χ0n) is 23.8. The Morgan fingerprint density at radius 2 is 1.50 bits per heavy atom. The maximum absolute atomic E-state index is 15.4. The summed E-state index contributed by atoms with van der Waals surface area (Å²) in [7, 11) is 2.03. The van der Waals surface area contributed by atoms with Crippen LogP contribution in [0.4, 0.5) is 4.39 Å². The number of hydrogen-bond donors (Lipinski definition) is 0. The van der Waals surface area contributed by atoms with E-state index in [-0.39, 0.29) is 5.82 Å². The van der Waals surface area contributed by atoms with E-state index in [1.165, 1.54) is 63.4 Å². The Kier molecular flexibility index (Phi) is 6.70. The molecule has 3 heteroatoms. The molecule has 0 saturated heterocycles. The molecular weight excluding hydrogens is 493 g/mol. The SMILES string of the molecule is Cc1ccc2c(oc3c(-c4ccc(C5CCC(C6CCCCC6)CC5)cc4)ccc(F)c32)c1-c1cccc[n+]1C. The summed E-state index contributed by atoms with van der Waals surface area (Å²) in [5.74, 6) is 2.35. The molecule has 7 rings (SSSR count). The second-order valence-corrected chi connectivity index (χ2v) is 12.4. The van der Waals surface area contributed by atoms with E-state index in [2.05, 4.69) is 47.9 Å². The molecule has 2 aliphatic carbocycles. The van der Waals surface area contributed by atoms with E-state index in [1.54, 1.807) is 6.07 Å². The van der Waals surface area contributed by atoms with Crippen LogP contribution in [0.2, 0.25) is 0 Å². The van der Waals surface area contributed by atoms with Gasteiger partial charge in [0.15, 0.2) is 6.20 Å². The number of fused-ring (bicyclic) bond motifs is 3. The number of aryl methyl sites for hydroxylation is 2. The number of furan rings is 1. The van der Waals surface area contributed by atoms with Crippen molar-refractivity contribution in [1.29, 1.82) is 0 Å². The predicted octanol–water partition coefficient (Wildman–Crippen LogP) is 10.0. The minimum absolute atomic E-state index is 0.240. The summed E-state index contributed by atoms with van der Waals surface area (Å²) in [4.78, 5) is 0. The number of halogens is 1. The molecule has 40 heavy (non-hydrogen) atoms. The van der Waals surface area contributed by atoms with E-state index < -0.39 is 0 Å². The maximum Gasteiger partial charge on any atom is 0.216 e. The Balaban J connectivity index is 1.22. The molecular formula is C37H39FNO+. The van der Waals surface area contributed by atoms with Crippen molar-refractivity contribution in [3.05, 3.63) is 89.9 Å². The van der Waals surface area contributed by atoms with Crippen LogP contribution >= 0.6 is 0 Å². The molecule has 0 radical (unpaired) electrons. The quantitative estimate of drug-likeness (QED) is 0.210. The van der Waals surface area contributed by atoms with Crippen molar-refractivity contribution >= 4 is 21.9 Å². The van der Waals surface area contributed by atoms with Crippen molar-refractivity contribution in [2.24, 2.45) is 18.9 Å². The molecule has 0 aliphatic heterocycles. The van der Waals surface area contributed by atoms with Gasteiger partial charge in [0.25, 0.3) is 0 Å². The Hall–Kier alpha value is -3.46. The molecule has 0 atom stereocenters. The summed E-state index contributed by atoms with van der Waals surface area (Å²) in [5, 5.41) is 1.39. The van der Waals surface area contributed by atoms with Gasteiger partial charge >= 0.3 is 0 Å². The summed E-state index contributed by atoms with van der Waals surface area (Å²) >= 11 is 0. The van der Waals surface area contributed by atoms with Gasteiger partial charge in [0.1, 0.15) is 24.0 Å². The van der Waals surface area contributed by atoms with Gasteiger partial charge in [-0.1, -0.05) is 68.5 Å². The third-order valence-corrected chi connectivity index (χ3v) is 10.0. The van der Waals surface area contributed by atoms with Crippen molar-refractivity contribution in [2.75, 3.05) is 0 Å². The van der Waals surface area contributed by atoms with E-state index in [1.807, 2.05) is 37.5 Å². The molecule has 5 aromatic rings.